The molecule has 2 N–H and O–H groups in total. The molecule has 176 valence electrons. The van der Waals surface area contributed by atoms with Crippen LogP contribution in [-0.4, -0.2) is 84.0 Å². The molecule has 0 spiro atoms. The van der Waals surface area contributed by atoms with Crippen molar-refractivity contribution >= 4 is 18.0 Å². The van der Waals surface area contributed by atoms with Gasteiger partial charge >= 0.3 is 12.1 Å². The van der Waals surface area contributed by atoms with Crippen LogP contribution >= 0.6 is 0 Å². The molecule has 0 aromatic carbocycles. The molecule has 1 saturated carbocycles. The minimum Gasteiger partial charge on any atom is -0.353 e. The van der Waals surface area contributed by atoms with Gasteiger partial charge in [-0.1, -0.05) is 19.3 Å². The summed E-state index contributed by atoms with van der Waals surface area (Å²) in [7, 11) is 0. The summed E-state index contributed by atoms with van der Waals surface area (Å²) in [6, 6.07) is 0.615. The van der Waals surface area contributed by atoms with Crippen LogP contribution in [0.2, 0.25) is 0 Å². The molecular formula is C23H41N5O3. The highest BCUT2D eigenvalue weighted by Crippen LogP contribution is 2.21. The van der Waals surface area contributed by atoms with Crippen molar-refractivity contribution in [3.63, 3.8) is 0 Å². The van der Waals surface area contributed by atoms with E-state index in [1.165, 1.54) is 19.3 Å². The van der Waals surface area contributed by atoms with E-state index in [0.29, 0.717) is 45.3 Å². The fourth-order valence-corrected chi connectivity index (χ4v) is 5.09. The first-order valence-electron chi connectivity index (χ1n) is 12.4. The number of amides is 5. The molecule has 1 aliphatic carbocycles. The summed E-state index contributed by atoms with van der Waals surface area (Å²) in [5.41, 5.74) is 0. The number of hydrogen-bond donors (Lipinski definition) is 2. The third-order valence-corrected chi connectivity index (χ3v) is 7.23. The van der Waals surface area contributed by atoms with E-state index >= 15 is 0 Å². The number of hydrogen-bond acceptors (Lipinski definition) is 3. The number of urea groups is 2. The van der Waals surface area contributed by atoms with E-state index in [9.17, 15) is 14.4 Å². The lowest BCUT2D eigenvalue weighted by Gasteiger charge is -2.36. The summed E-state index contributed by atoms with van der Waals surface area (Å²) in [4.78, 5) is 43.3. The van der Waals surface area contributed by atoms with Gasteiger partial charge in [0.15, 0.2) is 0 Å². The largest absolute Gasteiger partial charge is 0.353 e. The van der Waals surface area contributed by atoms with Crippen molar-refractivity contribution in [1.82, 2.24) is 25.3 Å². The van der Waals surface area contributed by atoms with Gasteiger partial charge in [-0.05, 0) is 52.4 Å². The van der Waals surface area contributed by atoms with Crippen LogP contribution in [0.5, 0.6) is 0 Å². The predicted molar refractivity (Wildman–Crippen MR) is 121 cm³/mol. The molecule has 2 aliphatic heterocycles. The van der Waals surface area contributed by atoms with Crippen molar-refractivity contribution < 1.29 is 14.4 Å². The predicted octanol–water partition coefficient (Wildman–Crippen LogP) is 2.78. The van der Waals surface area contributed by atoms with Gasteiger partial charge in [-0.3, -0.25) is 4.79 Å². The van der Waals surface area contributed by atoms with Crippen LogP contribution < -0.4 is 10.6 Å². The number of carbonyl (C=O) groups is 3. The van der Waals surface area contributed by atoms with E-state index in [4.69, 9.17) is 0 Å². The lowest BCUT2D eigenvalue weighted by atomic mass is 9.94. The minimum absolute atomic E-state index is 0.0200. The topological polar surface area (TPSA) is 85.0 Å². The van der Waals surface area contributed by atoms with Gasteiger partial charge in [-0.25, -0.2) is 9.59 Å². The molecule has 2 saturated heterocycles. The maximum Gasteiger partial charge on any atom is 0.319 e. The molecule has 0 bridgehead atoms. The molecule has 8 nitrogen and oxygen atoms in total. The van der Waals surface area contributed by atoms with Crippen molar-refractivity contribution in [3.8, 4) is 0 Å². The standard InChI is InChI=1S/C23H41N5O3/c1-3-26(4-2)23(31)28-14-10-18(11-15-28)21(29)24-20-12-16-27(17-13-20)22(30)25-19-8-6-5-7-9-19/h18-20H,3-17H2,1-2H3,(H,24,29)(H,25,30). The van der Waals surface area contributed by atoms with Crippen LogP contribution in [0, 0.1) is 5.92 Å². The summed E-state index contributed by atoms with van der Waals surface area (Å²) in [6.45, 7) is 8.10. The third-order valence-electron chi connectivity index (χ3n) is 7.23. The van der Waals surface area contributed by atoms with Gasteiger partial charge in [0.25, 0.3) is 0 Å². The Balaban J connectivity index is 1.35. The fourth-order valence-electron chi connectivity index (χ4n) is 5.09. The molecule has 3 fully saturated rings. The molecule has 31 heavy (non-hydrogen) atoms. The van der Waals surface area contributed by atoms with Crippen molar-refractivity contribution in [2.24, 2.45) is 5.92 Å². The minimum atomic E-state index is -0.0200. The number of nitrogens with zero attached hydrogens (tertiary/aromatic N) is 3. The normalized spacial score (nSPS) is 21.6. The Morgan fingerprint density at radius 3 is 1.87 bits per heavy atom. The van der Waals surface area contributed by atoms with Crippen LogP contribution in [0.15, 0.2) is 0 Å². The third kappa shape index (κ3) is 6.50. The maximum atomic E-state index is 12.7. The van der Waals surface area contributed by atoms with E-state index in [2.05, 4.69) is 10.6 Å². The average Bonchev–Trinajstić information content (AvgIpc) is 2.81. The zero-order valence-corrected chi connectivity index (χ0v) is 19.4. The van der Waals surface area contributed by atoms with Crippen molar-refractivity contribution in [2.75, 3.05) is 39.3 Å². The molecule has 3 rings (SSSR count). The van der Waals surface area contributed by atoms with Crippen LogP contribution in [0.3, 0.4) is 0 Å². The first-order chi connectivity index (χ1) is 15.0. The number of rotatable bonds is 5. The molecule has 0 radical (unpaired) electrons. The zero-order chi connectivity index (χ0) is 22.2. The number of nitrogens with one attached hydrogen (secondary N) is 2. The second kappa shape index (κ2) is 11.6. The second-order valence-corrected chi connectivity index (χ2v) is 9.27. The number of likely N-dealkylation sites (tertiary alicyclic amines) is 2. The molecule has 0 aromatic rings. The monoisotopic (exact) mass is 435 g/mol. The number of carbonyl (C=O) groups excluding carboxylic acids is 3. The van der Waals surface area contributed by atoms with Crippen molar-refractivity contribution in [2.45, 2.75) is 83.7 Å². The summed E-state index contributed by atoms with van der Waals surface area (Å²) >= 11 is 0. The molecule has 2 heterocycles. The molecule has 8 heteroatoms. The van der Waals surface area contributed by atoms with Crippen LogP contribution in [0.25, 0.3) is 0 Å². The smallest absolute Gasteiger partial charge is 0.319 e. The van der Waals surface area contributed by atoms with Crippen LogP contribution in [-0.2, 0) is 4.79 Å². The second-order valence-electron chi connectivity index (χ2n) is 9.27. The summed E-state index contributed by atoms with van der Waals surface area (Å²) in [5, 5.41) is 6.40. The Kier molecular flexibility index (Phi) is 8.84. The summed E-state index contributed by atoms with van der Waals surface area (Å²) in [5.74, 6) is 0.0911. The van der Waals surface area contributed by atoms with Gasteiger partial charge in [0, 0.05) is 57.3 Å². The summed E-state index contributed by atoms with van der Waals surface area (Å²) < 4.78 is 0. The van der Waals surface area contributed by atoms with E-state index in [-0.39, 0.29) is 29.9 Å². The quantitative estimate of drug-likeness (QED) is 0.696. The van der Waals surface area contributed by atoms with Crippen molar-refractivity contribution in [3.05, 3.63) is 0 Å². The molecule has 3 aliphatic rings. The van der Waals surface area contributed by atoms with Crippen molar-refractivity contribution in [1.29, 1.82) is 0 Å². The van der Waals surface area contributed by atoms with Gasteiger partial charge in [0.2, 0.25) is 5.91 Å². The van der Waals surface area contributed by atoms with E-state index in [0.717, 1.165) is 38.5 Å². The van der Waals surface area contributed by atoms with Crippen LogP contribution in [0.1, 0.15) is 71.6 Å². The highest BCUT2D eigenvalue weighted by molar-refractivity contribution is 5.80. The molecule has 0 unspecified atom stereocenters. The van der Waals surface area contributed by atoms with Gasteiger partial charge in [0.1, 0.15) is 0 Å². The Hall–Kier alpha value is -1.99. The first kappa shape index (κ1) is 23.7. The highest BCUT2D eigenvalue weighted by Gasteiger charge is 2.31. The molecule has 0 aromatic heterocycles. The lowest BCUT2D eigenvalue weighted by Crippen LogP contribution is -2.53. The Bertz CT molecular complexity index is 602. The van der Waals surface area contributed by atoms with Gasteiger partial charge < -0.3 is 25.3 Å². The molecular weight excluding hydrogens is 394 g/mol. The van der Waals surface area contributed by atoms with E-state index in [1.54, 1.807) is 0 Å². The van der Waals surface area contributed by atoms with E-state index < -0.39 is 0 Å². The Labute approximate surface area is 187 Å². The summed E-state index contributed by atoms with van der Waals surface area (Å²) in [6.07, 6.45) is 8.95. The van der Waals surface area contributed by atoms with E-state index in [1.807, 2.05) is 28.5 Å². The fraction of sp³-hybridized carbons (Fsp3) is 0.870. The van der Waals surface area contributed by atoms with Crippen LogP contribution in [0.4, 0.5) is 9.59 Å². The maximum absolute atomic E-state index is 12.7. The zero-order valence-electron chi connectivity index (χ0n) is 19.4. The highest BCUT2D eigenvalue weighted by atomic mass is 16.2. The van der Waals surface area contributed by atoms with Gasteiger partial charge in [-0.15, -0.1) is 0 Å². The molecule has 5 amide bonds. The molecule has 0 atom stereocenters. The Morgan fingerprint density at radius 2 is 1.29 bits per heavy atom. The first-order valence-corrected chi connectivity index (χ1v) is 12.4. The Morgan fingerprint density at radius 1 is 0.742 bits per heavy atom. The lowest BCUT2D eigenvalue weighted by molar-refractivity contribution is -0.127. The number of piperidine rings is 2. The van der Waals surface area contributed by atoms with Gasteiger partial charge in [0.05, 0.1) is 0 Å². The SMILES string of the molecule is CCN(CC)C(=O)N1CCC(C(=O)NC2CCN(C(=O)NC3CCCCC3)CC2)CC1. The average molecular weight is 436 g/mol. The van der Waals surface area contributed by atoms with Gasteiger partial charge in [-0.2, -0.15) is 0 Å².